The fraction of sp³-hybridized carbons (Fsp3) is 0.286. The summed E-state index contributed by atoms with van der Waals surface area (Å²) in [7, 11) is 1.61. The average Bonchev–Trinajstić information content (AvgIpc) is 2.64. The maximum Gasteiger partial charge on any atom is 0.259 e. The second-order valence-electron chi connectivity index (χ2n) is 3.77. The van der Waals surface area contributed by atoms with Crippen LogP contribution in [0.1, 0.15) is 33.2 Å². The summed E-state index contributed by atoms with van der Waals surface area (Å²) in [6.45, 7) is 5.79. The Bertz CT molecular complexity index is 466. The summed E-state index contributed by atoms with van der Waals surface area (Å²) in [6.07, 6.45) is 2.39. The molecule has 0 bridgehead atoms. The van der Waals surface area contributed by atoms with Gasteiger partial charge in [0.05, 0.1) is 17.7 Å². The third-order valence-electron chi connectivity index (χ3n) is 2.43. The first-order chi connectivity index (χ1) is 8.65. The fourth-order valence-electron chi connectivity index (χ4n) is 1.71. The third-order valence-corrected chi connectivity index (χ3v) is 2.43. The number of hydrogen-bond donors (Lipinski definition) is 1. The second kappa shape index (κ2) is 6.71. The molecule has 1 aromatic rings. The zero-order valence-corrected chi connectivity index (χ0v) is 10.7. The van der Waals surface area contributed by atoms with E-state index < -0.39 is 0 Å². The first kappa shape index (κ1) is 14.1. The Hall–Kier alpha value is -1.94. The van der Waals surface area contributed by atoms with E-state index in [2.05, 4.69) is 11.9 Å². The Labute approximate surface area is 107 Å². The highest BCUT2D eigenvalue weighted by molar-refractivity contribution is 6.22. The van der Waals surface area contributed by atoms with Crippen molar-refractivity contribution in [1.82, 2.24) is 5.32 Å². The number of nitrogens with one attached hydrogen (secondary N) is 1. The van der Waals surface area contributed by atoms with Gasteiger partial charge in [-0.2, -0.15) is 0 Å². The van der Waals surface area contributed by atoms with Gasteiger partial charge in [-0.15, -0.1) is 6.58 Å². The lowest BCUT2D eigenvalue weighted by molar-refractivity contribution is 0.0879. The van der Waals surface area contributed by atoms with Crippen LogP contribution in [0.15, 0.2) is 30.9 Å². The molecular weight excluding hydrogens is 230 g/mol. The van der Waals surface area contributed by atoms with Crippen molar-refractivity contribution >= 4 is 11.8 Å². The highest BCUT2D eigenvalue weighted by Gasteiger charge is 2.28. The SMILES string of the molecule is C=CC.COCCc1cccc2c1C(=O)NC2=O. The maximum atomic E-state index is 11.5. The molecule has 0 aromatic heterocycles. The van der Waals surface area contributed by atoms with Crippen LogP contribution >= 0.6 is 0 Å². The van der Waals surface area contributed by atoms with E-state index in [-0.39, 0.29) is 11.8 Å². The molecule has 18 heavy (non-hydrogen) atoms. The van der Waals surface area contributed by atoms with Gasteiger partial charge in [0.15, 0.2) is 0 Å². The van der Waals surface area contributed by atoms with E-state index >= 15 is 0 Å². The Morgan fingerprint density at radius 2 is 2.00 bits per heavy atom. The van der Waals surface area contributed by atoms with Gasteiger partial charge in [0.1, 0.15) is 0 Å². The Kier molecular flexibility index (Phi) is 5.27. The molecule has 0 atom stereocenters. The summed E-state index contributed by atoms with van der Waals surface area (Å²) in [5, 5.41) is 2.28. The quantitative estimate of drug-likeness (QED) is 0.656. The van der Waals surface area contributed by atoms with Crippen LogP contribution in [-0.2, 0) is 11.2 Å². The number of rotatable bonds is 3. The lowest BCUT2D eigenvalue weighted by Gasteiger charge is -2.04. The van der Waals surface area contributed by atoms with Crippen LogP contribution in [0.4, 0.5) is 0 Å². The molecule has 0 fully saturated rings. The van der Waals surface area contributed by atoms with Gasteiger partial charge in [-0.25, -0.2) is 0 Å². The van der Waals surface area contributed by atoms with Crippen molar-refractivity contribution in [2.24, 2.45) is 0 Å². The van der Waals surface area contributed by atoms with Crippen LogP contribution in [0.3, 0.4) is 0 Å². The predicted molar refractivity (Wildman–Crippen MR) is 69.7 cm³/mol. The lowest BCUT2D eigenvalue weighted by atomic mass is 10.0. The molecule has 4 nitrogen and oxygen atoms in total. The molecule has 1 aliphatic heterocycles. The van der Waals surface area contributed by atoms with Crippen molar-refractivity contribution < 1.29 is 14.3 Å². The number of hydrogen-bond acceptors (Lipinski definition) is 3. The van der Waals surface area contributed by atoms with Gasteiger partial charge < -0.3 is 4.74 Å². The zero-order valence-electron chi connectivity index (χ0n) is 10.7. The van der Waals surface area contributed by atoms with Gasteiger partial charge in [0.2, 0.25) is 0 Å². The molecule has 1 heterocycles. The minimum Gasteiger partial charge on any atom is -0.384 e. The molecule has 2 amide bonds. The van der Waals surface area contributed by atoms with E-state index in [4.69, 9.17) is 4.74 Å². The Morgan fingerprint density at radius 1 is 1.33 bits per heavy atom. The van der Waals surface area contributed by atoms with E-state index in [9.17, 15) is 9.59 Å². The van der Waals surface area contributed by atoms with Crippen molar-refractivity contribution in [2.45, 2.75) is 13.3 Å². The molecule has 0 spiro atoms. The molecule has 2 rings (SSSR count). The number of carbonyl (C=O) groups is 2. The van der Waals surface area contributed by atoms with Crippen molar-refractivity contribution in [3.8, 4) is 0 Å². The minimum absolute atomic E-state index is 0.304. The van der Waals surface area contributed by atoms with Gasteiger partial charge in [-0.3, -0.25) is 14.9 Å². The Balaban J connectivity index is 0.000000492. The highest BCUT2D eigenvalue weighted by Crippen LogP contribution is 2.20. The van der Waals surface area contributed by atoms with Crippen LogP contribution in [0, 0.1) is 0 Å². The molecule has 1 aromatic carbocycles. The van der Waals surface area contributed by atoms with Gasteiger partial charge in [0.25, 0.3) is 11.8 Å². The third kappa shape index (κ3) is 3.05. The van der Waals surface area contributed by atoms with Gasteiger partial charge in [0, 0.05) is 7.11 Å². The van der Waals surface area contributed by atoms with Crippen LogP contribution in [0.2, 0.25) is 0 Å². The molecule has 0 aliphatic carbocycles. The number of benzene rings is 1. The minimum atomic E-state index is -0.311. The van der Waals surface area contributed by atoms with E-state index in [1.54, 1.807) is 25.3 Å². The number of fused-ring (bicyclic) bond motifs is 1. The van der Waals surface area contributed by atoms with Crippen LogP contribution in [0.5, 0.6) is 0 Å². The Morgan fingerprint density at radius 3 is 2.61 bits per heavy atom. The average molecular weight is 247 g/mol. The van der Waals surface area contributed by atoms with Crippen molar-refractivity contribution in [2.75, 3.05) is 13.7 Å². The van der Waals surface area contributed by atoms with Crippen molar-refractivity contribution in [1.29, 1.82) is 0 Å². The normalized spacial score (nSPS) is 12.3. The monoisotopic (exact) mass is 247 g/mol. The summed E-state index contributed by atoms with van der Waals surface area (Å²) in [6, 6.07) is 5.28. The predicted octanol–water partition coefficient (Wildman–Crippen LogP) is 1.95. The van der Waals surface area contributed by atoms with Gasteiger partial charge in [-0.1, -0.05) is 18.2 Å². The van der Waals surface area contributed by atoms with Gasteiger partial charge >= 0.3 is 0 Å². The first-order valence-electron chi connectivity index (χ1n) is 5.69. The summed E-state index contributed by atoms with van der Waals surface area (Å²) in [5.74, 6) is -0.615. The molecular formula is C14H17NO3. The molecule has 0 radical (unpaired) electrons. The van der Waals surface area contributed by atoms with Crippen LogP contribution in [-0.4, -0.2) is 25.5 Å². The molecule has 4 heteroatoms. The van der Waals surface area contributed by atoms with Crippen molar-refractivity contribution in [3.05, 3.63) is 47.5 Å². The standard InChI is InChI=1S/C11H11NO3.C3H6/c1-15-6-5-7-3-2-4-8-9(7)11(14)12-10(8)13;1-3-2/h2-4H,5-6H2,1H3,(H,12,13,14);3H,1H2,2H3. The zero-order chi connectivity index (χ0) is 13.5. The number of ether oxygens (including phenoxy) is 1. The van der Waals surface area contributed by atoms with E-state index in [1.165, 1.54) is 0 Å². The second-order valence-corrected chi connectivity index (χ2v) is 3.77. The molecule has 0 saturated heterocycles. The molecule has 1 aliphatic rings. The first-order valence-corrected chi connectivity index (χ1v) is 5.69. The summed E-state index contributed by atoms with van der Waals surface area (Å²) < 4.78 is 4.95. The van der Waals surface area contributed by atoms with Gasteiger partial charge in [-0.05, 0) is 25.0 Å². The van der Waals surface area contributed by atoms with Crippen LogP contribution < -0.4 is 5.32 Å². The lowest BCUT2D eigenvalue weighted by Crippen LogP contribution is -2.20. The number of carbonyl (C=O) groups excluding carboxylic acids is 2. The number of allylic oxidation sites excluding steroid dienone is 1. The van der Waals surface area contributed by atoms with E-state index in [0.29, 0.717) is 24.2 Å². The summed E-state index contributed by atoms with van der Waals surface area (Å²) in [4.78, 5) is 22.8. The summed E-state index contributed by atoms with van der Waals surface area (Å²) in [5.41, 5.74) is 1.82. The smallest absolute Gasteiger partial charge is 0.259 e. The number of imide groups is 1. The number of amides is 2. The molecule has 0 saturated carbocycles. The summed E-state index contributed by atoms with van der Waals surface area (Å²) >= 11 is 0. The van der Waals surface area contributed by atoms with E-state index in [0.717, 1.165) is 5.56 Å². The van der Waals surface area contributed by atoms with Crippen molar-refractivity contribution in [3.63, 3.8) is 0 Å². The maximum absolute atomic E-state index is 11.5. The topological polar surface area (TPSA) is 55.4 Å². The van der Waals surface area contributed by atoms with E-state index in [1.807, 2.05) is 13.0 Å². The fourth-order valence-corrected chi connectivity index (χ4v) is 1.71. The number of methoxy groups -OCH3 is 1. The molecule has 96 valence electrons. The molecule has 0 unspecified atom stereocenters. The highest BCUT2D eigenvalue weighted by atomic mass is 16.5. The van der Waals surface area contributed by atoms with Crippen LogP contribution in [0.25, 0.3) is 0 Å². The largest absolute Gasteiger partial charge is 0.384 e. The molecule has 1 N–H and O–H groups in total.